The number of amides is 3. The predicted molar refractivity (Wildman–Crippen MR) is 135 cm³/mol. The summed E-state index contributed by atoms with van der Waals surface area (Å²) in [6.07, 6.45) is 2.33. The van der Waals surface area contributed by atoms with Gasteiger partial charge in [-0.15, -0.1) is 0 Å². The van der Waals surface area contributed by atoms with Gasteiger partial charge < -0.3 is 20.3 Å². The molecule has 0 aliphatic carbocycles. The van der Waals surface area contributed by atoms with Crippen molar-refractivity contribution in [2.45, 2.75) is 25.3 Å². The molecule has 35 heavy (non-hydrogen) atoms. The van der Waals surface area contributed by atoms with E-state index in [9.17, 15) is 14.4 Å². The number of hydrogen-bond donors (Lipinski definition) is 2. The molecule has 0 radical (unpaired) electrons. The fourth-order valence-corrected chi connectivity index (χ4v) is 4.17. The summed E-state index contributed by atoms with van der Waals surface area (Å²) in [6, 6.07) is 22.4. The van der Waals surface area contributed by atoms with E-state index in [1.807, 2.05) is 35.2 Å². The van der Waals surface area contributed by atoms with E-state index in [2.05, 4.69) is 10.6 Å². The first-order valence-corrected chi connectivity index (χ1v) is 11.7. The highest BCUT2D eigenvalue weighted by atomic mass is 16.5. The minimum absolute atomic E-state index is 0.0838. The van der Waals surface area contributed by atoms with Crippen molar-refractivity contribution < 1.29 is 19.1 Å². The highest BCUT2D eigenvalue weighted by molar-refractivity contribution is 6.09. The summed E-state index contributed by atoms with van der Waals surface area (Å²) in [5.41, 5.74) is 2.07. The number of carbonyl (C=O) groups is 3. The molecule has 180 valence electrons. The molecule has 1 fully saturated rings. The Hall–Kier alpha value is -4.13. The smallest absolute Gasteiger partial charge is 0.255 e. The summed E-state index contributed by atoms with van der Waals surface area (Å²) in [5, 5.41) is 5.75. The number of hydrogen-bond acceptors (Lipinski definition) is 4. The molecule has 0 spiro atoms. The van der Waals surface area contributed by atoms with Crippen molar-refractivity contribution in [3.05, 3.63) is 95.6 Å². The predicted octanol–water partition coefficient (Wildman–Crippen LogP) is 3.91. The molecule has 7 nitrogen and oxygen atoms in total. The number of likely N-dealkylation sites (tertiary alicyclic amines) is 1. The minimum Gasteiger partial charge on any atom is -0.497 e. The Morgan fingerprint density at radius 2 is 1.51 bits per heavy atom. The number of rotatable bonds is 8. The summed E-state index contributed by atoms with van der Waals surface area (Å²) < 4.78 is 5.14. The standard InChI is InChI=1S/C28H29N3O4/c1-35-22-15-13-21(14-16-22)26(32)29-24-12-6-5-11-23(24)27(33)30-25(19-20-9-3-2-4-10-20)28(34)31-17-7-8-18-31/h2-6,9-16,25H,7-8,17-19H2,1H3,(H,29,32)(H,30,33)/t25-/m1/s1. The molecular formula is C28H29N3O4. The second kappa shape index (κ2) is 11.3. The Bertz CT molecular complexity index is 1170. The zero-order chi connectivity index (χ0) is 24.6. The lowest BCUT2D eigenvalue weighted by atomic mass is 10.0. The Labute approximate surface area is 205 Å². The second-order valence-electron chi connectivity index (χ2n) is 8.48. The average molecular weight is 472 g/mol. The zero-order valence-corrected chi connectivity index (χ0v) is 19.7. The lowest BCUT2D eigenvalue weighted by Gasteiger charge is -2.24. The van der Waals surface area contributed by atoms with Gasteiger partial charge in [0.15, 0.2) is 0 Å². The summed E-state index contributed by atoms with van der Waals surface area (Å²) in [7, 11) is 1.56. The van der Waals surface area contributed by atoms with Gasteiger partial charge in [0.05, 0.1) is 18.4 Å². The minimum atomic E-state index is -0.701. The third-order valence-electron chi connectivity index (χ3n) is 6.08. The Balaban J connectivity index is 1.52. The van der Waals surface area contributed by atoms with E-state index >= 15 is 0 Å². The van der Waals surface area contributed by atoms with Crippen LogP contribution >= 0.6 is 0 Å². The van der Waals surface area contributed by atoms with Crippen LogP contribution in [0.4, 0.5) is 5.69 Å². The van der Waals surface area contributed by atoms with E-state index in [0.717, 1.165) is 18.4 Å². The number of benzene rings is 3. The van der Waals surface area contributed by atoms with Gasteiger partial charge in [0.25, 0.3) is 11.8 Å². The van der Waals surface area contributed by atoms with Gasteiger partial charge in [0.2, 0.25) is 5.91 Å². The van der Waals surface area contributed by atoms with E-state index < -0.39 is 11.9 Å². The number of methoxy groups -OCH3 is 1. The van der Waals surface area contributed by atoms with E-state index in [1.54, 1.807) is 55.6 Å². The van der Waals surface area contributed by atoms with Crippen LogP contribution in [0, 0.1) is 0 Å². The van der Waals surface area contributed by atoms with Gasteiger partial charge in [-0.2, -0.15) is 0 Å². The van der Waals surface area contributed by atoms with Crippen molar-refractivity contribution in [2.24, 2.45) is 0 Å². The Kier molecular flexibility index (Phi) is 7.77. The van der Waals surface area contributed by atoms with Gasteiger partial charge in [-0.3, -0.25) is 14.4 Å². The van der Waals surface area contributed by atoms with Crippen LogP contribution in [0.25, 0.3) is 0 Å². The number of nitrogens with one attached hydrogen (secondary N) is 2. The van der Waals surface area contributed by atoms with Crippen LogP contribution < -0.4 is 15.4 Å². The molecule has 3 amide bonds. The fraction of sp³-hybridized carbons (Fsp3) is 0.250. The van der Waals surface area contributed by atoms with Crippen molar-refractivity contribution in [1.29, 1.82) is 0 Å². The highest BCUT2D eigenvalue weighted by Crippen LogP contribution is 2.19. The molecule has 1 atom stereocenters. The quantitative estimate of drug-likeness (QED) is 0.522. The van der Waals surface area contributed by atoms with Gasteiger partial charge in [-0.1, -0.05) is 42.5 Å². The molecular weight excluding hydrogens is 442 g/mol. The SMILES string of the molecule is COc1ccc(C(=O)Nc2ccccc2C(=O)N[C@H](Cc2ccccc2)C(=O)N2CCCC2)cc1. The van der Waals surface area contributed by atoms with Crippen LogP contribution in [0.5, 0.6) is 5.75 Å². The van der Waals surface area contributed by atoms with Crippen molar-refractivity contribution >= 4 is 23.4 Å². The second-order valence-corrected chi connectivity index (χ2v) is 8.48. The summed E-state index contributed by atoms with van der Waals surface area (Å²) in [4.78, 5) is 41.2. The van der Waals surface area contributed by atoms with E-state index in [1.165, 1.54) is 0 Å². The molecule has 2 N–H and O–H groups in total. The van der Waals surface area contributed by atoms with Crippen LogP contribution in [-0.2, 0) is 11.2 Å². The van der Waals surface area contributed by atoms with Crippen molar-refractivity contribution in [3.8, 4) is 5.75 Å². The zero-order valence-electron chi connectivity index (χ0n) is 19.7. The lowest BCUT2D eigenvalue weighted by Crippen LogP contribution is -2.49. The number of anilines is 1. The van der Waals surface area contributed by atoms with E-state index in [0.29, 0.717) is 42.1 Å². The molecule has 1 aliphatic heterocycles. The summed E-state index contributed by atoms with van der Waals surface area (Å²) >= 11 is 0. The van der Waals surface area contributed by atoms with Gasteiger partial charge in [-0.05, 0) is 54.8 Å². The lowest BCUT2D eigenvalue weighted by molar-refractivity contribution is -0.132. The molecule has 0 unspecified atom stereocenters. The summed E-state index contributed by atoms with van der Waals surface area (Å²) in [6.45, 7) is 1.41. The maximum Gasteiger partial charge on any atom is 0.255 e. The number of carbonyl (C=O) groups excluding carboxylic acids is 3. The van der Waals surface area contributed by atoms with Gasteiger partial charge in [0.1, 0.15) is 11.8 Å². The van der Waals surface area contributed by atoms with Crippen LogP contribution in [-0.4, -0.2) is 48.9 Å². The molecule has 0 bridgehead atoms. The van der Waals surface area contributed by atoms with Crippen LogP contribution in [0.3, 0.4) is 0 Å². The monoisotopic (exact) mass is 471 g/mol. The third kappa shape index (κ3) is 6.06. The molecule has 0 saturated carbocycles. The largest absolute Gasteiger partial charge is 0.497 e. The number of para-hydroxylation sites is 1. The van der Waals surface area contributed by atoms with Gasteiger partial charge in [-0.25, -0.2) is 0 Å². The van der Waals surface area contributed by atoms with Crippen LogP contribution in [0.1, 0.15) is 39.1 Å². The van der Waals surface area contributed by atoms with Crippen LogP contribution in [0.2, 0.25) is 0 Å². The first-order chi connectivity index (χ1) is 17.0. The Morgan fingerprint density at radius 1 is 0.857 bits per heavy atom. The summed E-state index contributed by atoms with van der Waals surface area (Å²) in [5.74, 6) is -0.195. The number of nitrogens with zero attached hydrogens (tertiary/aromatic N) is 1. The molecule has 3 aromatic carbocycles. The molecule has 1 saturated heterocycles. The normalized spacial score (nSPS) is 13.7. The third-order valence-corrected chi connectivity index (χ3v) is 6.08. The van der Waals surface area contributed by atoms with Crippen molar-refractivity contribution in [2.75, 3.05) is 25.5 Å². The van der Waals surface area contributed by atoms with Crippen molar-refractivity contribution in [3.63, 3.8) is 0 Å². The first-order valence-electron chi connectivity index (χ1n) is 11.7. The molecule has 0 aromatic heterocycles. The molecule has 3 aromatic rings. The first kappa shape index (κ1) is 24.0. The molecule has 4 rings (SSSR count). The van der Waals surface area contributed by atoms with Gasteiger partial charge >= 0.3 is 0 Å². The van der Waals surface area contributed by atoms with Crippen molar-refractivity contribution in [1.82, 2.24) is 10.2 Å². The van der Waals surface area contributed by atoms with Gasteiger partial charge in [0, 0.05) is 25.1 Å². The highest BCUT2D eigenvalue weighted by Gasteiger charge is 2.29. The topological polar surface area (TPSA) is 87.7 Å². The molecule has 1 heterocycles. The maximum absolute atomic E-state index is 13.3. The fourth-order valence-electron chi connectivity index (χ4n) is 4.17. The molecule has 1 aliphatic rings. The van der Waals surface area contributed by atoms with E-state index in [-0.39, 0.29) is 11.8 Å². The maximum atomic E-state index is 13.3. The van der Waals surface area contributed by atoms with E-state index in [4.69, 9.17) is 4.74 Å². The molecule has 7 heteroatoms. The Morgan fingerprint density at radius 3 is 2.20 bits per heavy atom. The number of ether oxygens (including phenoxy) is 1. The average Bonchev–Trinajstić information content (AvgIpc) is 3.44. The van der Waals surface area contributed by atoms with Crippen LogP contribution in [0.15, 0.2) is 78.9 Å².